The Hall–Kier alpha value is -0.0800. The predicted molar refractivity (Wildman–Crippen MR) is 74.3 cm³/mol. The first-order valence-corrected chi connectivity index (χ1v) is 7.52. The van der Waals surface area contributed by atoms with Crippen molar-refractivity contribution in [3.8, 4) is 0 Å². The van der Waals surface area contributed by atoms with Gasteiger partial charge in [0.15, 0.2) is 0 Å². The second-order valence-corrected chi connectivity index (χ2v) is 4.99. The van der Waals surface area contributed by atoms with Crippen molar-refractivity contribution in [3.63, 3.8) is 0 Å². The lowest BCUT2D eigenvalue weighted by molar-refractivity contribution is -0.0256. The average Bonchev–Trinajstić information content (AvgIpc) is 2.32. The summed E-state index contributed by atoms with van der Waals surface area (Å²) in [6.07, 6.45) is 11.1. The molecule has 2 heteroatoms. The molecule has 1 N–H and O–H groups in total. The van der Waals surface area contributed by atoms with Crippen LogP contribution < -0.4 is 0 Å². The molecule has 0 aromatic rings. The number of ether oxygens (including phenoxy) is 1. The molecule has 0 heterocycles. The smallest absolute Gasteiger partial charge is 0.0805 e. The largest absolute Gasteiger partial charge is 0.390 e. The normalized spacial score (nSPS) is 14.8. The maximum Gasteiger partial charge on any atom is 0.0805 e. The molecule has 2 unspecified atom stereocenters. The Morgan fingerprint density at radius 3 is 1.94 bits per heavy atom. The Morgan fingerprint density at radius 1 is 0.882 bits per heavy atom. The lowest BCUT2D eigenvalue weighted by Gasteiger charge is -2.18. The Balaban J connectivity index is 3.21. The van der Waals surface area contributed by atoms with E-state index >= 15 is 0 Å². The monoisotopic (exact) mass is 244 g/mol. The molecule has 0 saturated carbocycles. The standard InChI is InChI=1S/C15H32O2/c1-4-6-7-8-9-10-11-12-13-15(16)14(3)17-5-2/h14-16H,4-13H2,1-3H3. The first-order valence-electron chi connectivity index (χ1n) is 7.52. The Bertz CT molecular complexity index is 148. The zero-order chi connectivity index (χ0) is 12.9. The topological polar surface area (TPSA) is 29.5 Å². The summed E-state index contributed by atoms with van der Waals surface area (Å²) < 4.78 is 5.38. The Morgan fingerprint density at radius 2 is 1.41 bits per heavy atom. The molecule has 0 radical (unpaired) electrons. The van der Waals surface area contributed by atoms with Crippen LogP contribution in [0.5, 0.6) is 0 Å². The third kappa shape index (κ3) is 10.8. The Labute approximate surface area is 108 Å². The van der Waals surface area contributed by atoms with Crippen LogP contribution in [-0.4, -0.2) is 23.9 Å². The van der Waals surface area contributed by atoms with E-state index in [2.05, 4.69) is 6.92 Å². The van der Waals surface area contributed by atoms with Crippen LogP contribution in [0.4, 0.5) is 0 Å². The van der Waals surface area contributed by atoms with Gasteiger partial charge in [0, 0.05) is 6.61 Å². The molecule has 0 aliphatic carbocycles. The highest BCUT2D eigenvalue weighted by atomic mass is 16.5. The van der Waals surface area contributed by atoms with E-state index in [0.717, 1.165) is 12.8 Å². The minimum Gasteiger partial charge on any atom is -0.390 e. The number of aliphatic hydroxyl groups is 1. The van der Waals surface area contributed by atoms with Crippen molar-refractivity contribution in [3.05, 3.63) is 0 Å². The zero-order valence-corrected chi connectivity index (χ0v) is 12.1. The van der Waals surface area contributed by atoms with E-state index < -0.39 is 0 Å². The molecule has 0 amide bonds. The molecule has 2 nitrogen and oxygen atoms in total. The van der Waals surface area contributed by atoms with Gasteiger partial charge in [0.25, 0.3) is 0 Å². The summed E-state index contributed by atoms with van der Waals surface area (Å²) in [6, 6.07) is 0. The first-order chi connectivity index (χ1) is 8.22. The molecule has 0 aliphatic rings. The fourth-order valence-corrected chi connectivity index (χ4v) is 2.10. The van der Waals surface area contributed by atoms with E-state index in [1.807, 2.05) is 13.8 Å². The van der Waals surface area contributed by atoms with Gasteiger partial charge in [0.05, 0.1) is 12.2 Å². The summed E-state index contributed by atoms with van der Waals surface area (Å²) in [4.78, 5) is 0. The molecule has 104 valence electrons. The molecule has 0 aromatic carbocycles. The minimum atomic E-state index is -0.282. The van der Waals surface area contributed by atoms with Crippen molar-refractivity contribution >= 4 is 0 Å². The number of rotatable bonds is 12. The van der Waals surface area contributed by atoms with Crippen LogP contribution >= 0.6 is 0 Å². The van der Waals surface area contributed by atoms with Gasteiger partial charge in [0.2, 0.25) is 0 Å². The van der Waals surface area contributed by atoms with Crippen molar-refractivity contribution in [1.29, 1.82) is 0 Å². The second kappa shape index (κ2) is 12.4. The van der Waals surface area contributed by atoms with Gasteiger partial charge in [-0.15, -0.1) is 0 Å². The van der Waals surface area contributed by atoms with Crippen molar-refractivity contribution in [2.45, 2.75) is 90.8 Å². The molecule has 17 heavy (non-hydrogen) atoms. The highest BCUT2D eigenvalue weighted by molar-refractivity contribution is 4.63. The summed E-state index contributed by atoms with van der Waals surface area (Å²) in [5.41, 5.74) is 0. The highest BCUT2D eigenvalue weighted by Gasteiger charge is 2.12. The molecule has 0 aliphatic heterocycles. The van der Waals surface area contributed by atoms with Gasteiger partial charge in [0.1, 0.15) is 0 Å². The van der Waals surface area contributed by atoms with E-state index in [0.29, 0.717) is 6.61 Å². The third-order valence-electron chi connectivity index (χ3n) is 3.32. The maximum atomic E-state index is 9.80. The fourth-order valence-electron chi connectivity index (χ4n) is 2.10. The molecular weight excluding hydrogens is 212 g/mol. The van der Waals surface area contributed by atoms with Crippen molar-refractivity contribution in [1.82, 2.24) is 0 Å². The SMILES string of the molecule is CCCCCCCCCCC(O)C(C)OCC. The fraction of sp³-hybridized carbons (Fsp3) is 1.00. The van der Waals surface area contributed by atoms with Gasteiger partial charge in [-0.3, -0.25) is 0 Å². The van der Waals surface area contributed by atoms with Crippen LogP contribution in [0.15, 0.2) is 0 Å². The van der Waals surface area contributed by atoms with Crippen molar-refractivity contribution in [2.24, 2.45) is 0 Å². The predicted octanol–water partition coefficient (Wildman–Crippen LogP) is 4.30. The minimum absolute atomic E-state index is 0.00967. The Kier molecular flexibility index (Phi) is 12.3. The summed E-state index contributed by atoms with van der Waals surface area (Å²) in [7, 11) is 0. The van der Waals surface area contributed by atoms with Crippen LogP contribution in [0.25, 0.3) is 0 Å². The van der Waals surface area contributed by atoms with Gasteiger partial charge in [-0.05, 0) is 20.3 Å². The highest BCUT2D eigenvalue weighted by Crippen LogP contribution is 2.12. The van der Waals surface area contributed by atoms with Gasteiger partial charge in [-0.2, -0.15) is 0 Å². The van der Waals surface area contributed by atoms with Crippen LogP contribution in [-0.2, 0) is 4.74 Å². The van der Waals surface area contributed by atoms with Gasteiger partial charge in [-0.1, -0.05) is 58.3 Å². The zero-order valence-electron chi connectivity index (χ0n) is 12.1. The van der Waals surface area contributed by atoms with E-state index in [4.69, 9.17) is 4.74 Å². The van der Waals surface area contributed by atoms with E-state index in [-0.39, 0.29) is 12.2 Å². The van der Waals surface area contributed by atoms with Gasteiger partial charge in [-0.25, -0.2) is 0 Å². The molecule has 0 bridgehead atoms. The molecule has 2 atom stereocenters. The molecule has 0 saturated heterocycles. The summed E-state index contributed by atoms with van der Waals surface area (Å²) in [5, 5.41) is 9.80. The number of aliphatic hydroxyl groups excluding tert-OH is 1. The lowest BCUT2D eigenvalue weighted by Crippen LogP contribution is -2.25. The van der Waals surface area contributed by atoms with Gasteiger partial charge >= 0.3 is 0 Å². The number of hydrogen-bond acceptors (Lipinski definition) is 2. The van der Waals surface area contributed by atoms with Crippen LogP contribution in [0.3, 0.4) is 0 Å². The molecule has 0 spiro atoms. The summed E-state index contributed by atoms with van der Waals surface area (Å²) in [6.45, 7) is 6.87. The second-order valence-electron chi connectivity index (χ2n) is 4.99. The van der Waals surface area contributed by atoms with Crippen LogP contribution in [0, 0.1) is 0 Å². The maximum absolute atomic E-state index is 9.80. The van der Waals surface area contributed by atoms with Crippen LogP contribution in [0.1, 0.15) is 78.6 Å². The molecular formula is C15H32O2. The third-order valence-corrected chi connectivity index (χ3v) is 3.32. The first kappa shape index (κ1) is 16.9. The van der Waals surface area contributed by atoms with Crippen molar-refractivity contribution < 1.29 is 9.84 Å². The van der Waals surface area contributed by atoms with Crippen molar-refractivity contribution in [2.75, 3.05) is 6.61 Å². The molecule has 0 aromatic heterocycles. The molecule has 0 fully saturated rings. The van der Waals surface area contributed by atoms with Gasteiger partial charge < -0.3 is 9.84 Å². The summed E-state index contributed by atoms with van der Waals surface area (Å²) >= 11 is 0. The molecule has 0 rings (SSSR count). The quantitative estimate of drug-likeness (QED) is 0.519. The van der Waals surface area contributed by atoms with E-state index in [1.54, 1.807) is 0 Å². The number of unbranched alkanes of at least 4 members (excludes halogenated alkanes) is 7. The number of hydrogen-bond donors (Lipinski definition) is 1. The lowest BCUT2D eigenvalue weighted by atomic mass is 10.0. The van der Waals surface area contributed by atoms with Crippen LogP contribution in [0.2, 0.25) is 0 Å². The average molecular weight is 244 g/mol. The summed E-state index contributed by atoms with van der Waals surface area (Å²) in [5.74, 6) is 0. The van der Waals surface area contributed by atoms with E-state index in [1.165, 1.54) is 44.9 Å². The van der Waals surface area contributed by atoms with E-state index in [9.17, 15) is 5.11 Å².